The Labute approximate surface area is 135 Å². The van der Waals surface area contributed by atoms with Crippen molar-refractivity contribution in [1.29, 1.82) is 0 Å². The van der Waals surface area contributed by atoms with Crippen LogP contribution in [-0.2, 0) is 0 Å². The summed E-state index contributed by atoms with van der Waals surface area (Å²) in [4.78, 5) is 2.85. The smallest absolute Gasteiger partial charge is 0.288 e. The minimum absolute atomic E-state index is 0.0822. The molecule has 1 fully saturated rings. The summed E-state index contributed by atoms with van der Waals surface area (Å²) < 4.78 is 24.6. The van der Waals surface area contributed by atoms with E-state index in [4.69, 9.17) is 0 Å². The van der Waals surface area contributed by atoms with Gasteiger partial charge in [-0.15, -0.1) is 0 Å². The Bertz CT molecular complexity index is 438. The van der Waals surface area contributed by atoms with E-state index in [1.165, 1.54) is 12.8 Å². The zero-order chi connectivity index (χ0) is 15.9. The SMILES string of the molecule is CC(NCC(O)CN1CCCC1)c1ccc(SC(F)F)cc1. The van der Waals surface area contributed by atoms with Crippen molar-refractivity contribution >= 4 is 11.8 Å². The lowest BCUT2D eigenvalue weighted by Gasteiger charge is -2.22. The fraction of sp³-hybridized carbons (Fsp3) is 0.625. The van der Waals surface area contributed by atoms with E-state index in [-0.39, 0.29) is 12.1 Å². The minimum Gasteiger partial charge on any atom is -0.390 e. The highest BCUT2D eigenvalue weighted by Gasteiger charge is 2.16. The molecule has 0 bridgehead atoms. The predicted molar refractivity (Wildman–Crippen MR) is 86.4 cm³/mol. The van der Waals surface area contributed by atoms with Crippen LogP contribution in [0.2, 0.25) is 0 Å². The fourth-order valence-electron chi connectivity index (χ4n) is 2.70. The van der Waals surface area contributed by atoms with E-state index in [0.29, 0.717) is 29.7 Å². The molecule has 0 radical (unpaired) electrons. The number of hydrogen-bond donors (Lipinski definition) is 2. The lowest BCUT2D eigenvalue weighted by Crippen LogP contribution is -2.37. The zero-order valence-corrected chi connectivity index (χ0v) is 13.7. The topological polar surface area (TPSA) is 35.5 Å². The number of β-amino-alcohol motifs (C(OH)–C–C–N with tert-alkyl or cyclic N) is 1. The lowest BCUT2D eigenvalue weighted by molar-refractivity contribution is 0.121. The molecule has 1 aliphatic rings. The van der Waals surface area contributed by atoms with Crippen LogP contribution in [0.25, 0.3) is 0 Å². The zero-order valence-electron chi connectivity index (χ0n) is 12.8. The Balaban J connectivity index is 1.74. The van der Waals surface area contributed by atoms with Crippen LogP contribution in [0.4, 0.5) is 8.78 Å². The van der Waals surface area contributed by atoms with Gasteiger partial charge in [-0.25, -0.2) is 0 Å². The first kappa shape index (κ1) is 17.7. The molecule has 1 saturated heterocycles. The summed E-state index contributed by atoms with van der Waals surface area (Å²) >= 11 is 0.556. The number of benzene rings is 1. The largest absolute Gasteiger partial charge is 0.390 e. The molecular weight excluding hydrogens is 306 g/mol. The fourth-order valence-corrected chi connectivity index (χ4v) is 3.20. The number of halogens is 2. The van der Waals surface area contributed by atoms with Gasteiger partial charge in [0.25, 0.3) is 5.76 Å². The van der Waals surface area contributed by atoms with Gasteiger partial charge < -0.3 is 15.3 Å². The van der Waals surface area contributed by atoms with Crippen molar-refractivity contribution in [3.63, 3.8) is 0 Å². The van der Waals surface area contributed by atoms with E-state index >= 15 is 0 Å². The first-order chi connectivity index (χ1) is 10.5. The van der Waals surface area contributed by atoms with Crippen LogP contribution in [0.3, 0.4) is 0 Å². The molecule has 0 saturated carbocycles. The molecule has 0 amide bonds. The Hall–Kier alpha value is -0.690. The number of nitrogens with zero attached hydrogens (tertiary/aromatic N) is 1. The molecule has 1 aromatic carbocycles. The number of thioether (sulfide) groups is 1. The summed E-state index contributed by atoms with van der Waals surface area (Å²) in [5, 5.41) is 13.4. The van der Waals surface area contributed by atoms with Crippen LogP contribution in [0, 0.1) is 0 Å². The summed E-state index contributed by atoms with van der Waals surface area (Å²) in [5.41, 5.74) is 1.03. The molecule has 3 nitrogen and oxygen atoms in total. The maximum Gasteiger partial charge on any atom is 0.288 e. The van der Waals surface area contributed by atoms with Gasteiger partial charge in [-0.3, -0.25) is 0 Å². The summed E-state index contributed by atoms with van der Waals surface area (Å²) in [6.45, 7) is 5.42. The van der Waals surface area contributed by atoms with Crippen molar-refractivity contribution in [2.45, 2.75) is 42.6 Å². The molecule has 1 aromatic rings. The molecular formula is C16H24F2N2OS. The molecule has 1 aliphatic heterocycles. The normalized spacial score (nSPS) is 18.8. The van der Waals surface area contributed by atoms with Gasteiger partial charge in [0.1, 0.15) is 0 Å². The van der Waals surface area contributed by atoms with Gasteiger partial charge in [0.15, 0.2) is 0 Å². The molecule has 2 unspecified atom stereocenters. The third-order valence-electron chi connectivity index (χ3n) is 3.93. The first-order valence-corrected chi connectivity index (χ1v) is 8.61. The third-order valence-corrected chi connectivity index (χ3v) is 4.66. The number of alkyl halides is 2. The van der Waals surface area contributed by atoms with Crippen LogP contribution in [0.15, 0.2) is 29.2 Å². The van der Waals surface area contributed by atoms with E-state index in [0.717, 1.165) is 18.7 Å². The van der Waals surface area contributed by atoms with Gasteiger partial charge in [-0.05, 0) is 50.6 Å². The van der Waals surface area contributed by atoms with Gasteiger partial charge in [0, 0.05) is 24.0 Å². The highest BCUT2D eigenvalue weighted by atomic mass is 32.2. The Morgan fingerprint density at radius 1 is 1.23 bits per heavy atom. The highest BCUT2D eigenvalue weighted by molar-refractivity contribution is 7.99. The summed E-state index contributed by atoms with van der Waals surface area (Å²) in [6.07, 6.45) is 2.06. The average Bonchev–Trinajstić information content (AvgIpc) is 2.98. The van der Waals surface area contributed by atoms with Gasteiger partial charge in [-0.2, -0.15) is 8.78 Å². The van der Waals surface area contributed by atoms with Gasteiger partial charge in [0.05, 0.1) is 6.10 Å². The highest BCUT2D eigenvalue weighted by Crippen LogP contribution is 2.26. The molecule has 124 valence electrons. The standard InChI is InChI=1S/C16H24F2N2OS/c1-12(13-4-6-15(7-5-13)22-16(17)18)19-10-14(21)11-20-8-2-3-9-20/h4-7,12,14,16,19,21H,2-3,8-11H2,1H3. The van der Waals surface area contributed by atoms with Crippen molar-refractivity contribution in [3.05, 3.63) is 29.8 Å². The number of aliphatic hydroxyl groups is 1. The monoisotopic (exact) mass is 330 g/mol. The quantitative estimate of drug-likeness (QED) is 0.718. The molecule has 0 aromatic heterocycles. The van der Waals surface area contributed by atoms with Crippen LogP contribution < -0.4 is 5.32 Å². The van der Waals surface area contributed by atoms with E-state index in [1.54, 1.807) is 12.1 Å². The molecule has 2 rings (SSSR count). The van der Waals surface area contributed by atoms with Crippen LogP contribution in [0.5, 0.6) is 0 Å². The van der Waals surface area contributed by atoms with Gasteiger partial charge in [0.2, 0.25) is 0 Å². The van der Waals surface area contributed by atoms with Crippen molar-refractivity contribution < 1.29 is 13.9 Å². The second-order valence-corrected chi connectivity index (χ2v) is 6.80. The van der Waals surface area contributed by atoms with Crippen molar-refractivity contribution in [1.82, 2.24) is 10.2 Å². The first-order valence-electron chi connectivity index (χ1n) is 7.73. The van der Waals surface area contributed by atoms with E-state index in [1.807, 2.05) is 19.1 Å². The predicted octanol–water partition coefficient (Wildman–Crippen LogP) is 3.11. The van der Waals surface area contributed by atoms with Crippen molar-refractivity contribution in [2.75, 3.05) is 26.2 Å². The maximum atomic E-state index is 12.3. The van der Waals surface area contributed by atoms with Crippen molar-refractivity contribution in [3.8, 4) is 0 Å². The van der Waals surface area contributed by atoms with Crippen molar-refractivity contribution in [2.24, 2.45) is 0 Å². The Kier molecular flexibility index (Phi) is 7.08. The number of aliphatic hydroxyl groups excluding tert-OH is 1. The molecule has 22 heavy (non-hydrogen) atoms. The Morgan fingerprint density at radius 2 is 1.86 bits per heavy atom. The number of hydrogen-bond acceptors (Lipinski definition) is 4. The molecule has 6 heteroatoms. The summed E-state index contributed by atoms with van der Waals surface area (Å²) in [6, 6.07) is 7.22. The molecule has 2 N–H and O–H groups in total. The van der Waals surface area contributed by atoms with Crippen LogP contribution >= 0.6 is 11.8 Å². The number of rotatable bonds is 8. The summed E-state index contributed by atoms with van der Waals surface area (Å²) in [5.74, 6) is -2.39. The van der Waals surface area contributed by atoms with E-state index in [9.17, 15) is 13.9 Å². The Morgan fingerprint density at radius 3 is 2.45 bits per heavy atom. The maximum absolute atomic E-state index is 12.3. The third kappa shape index (κ3) is 5.83. The van der Waals surface area contributed by atoms with E-state index in [2.05, 4.69) is 10.2 Å². The van der Waals surface area contributed by atoms with Crippen LogP contribution in [0.1, 0.15) is 31.4 Å². The number of nitrogens with one attached hydrogen (secondary N) is 1. The second kappa shape index (κ2) is 8.82. The second-order valence-electron chi connectivity index (χ2n) is 5.74. The van der Waals surface area contributed by atoms with Gasteiger partial charge >= 0.3 is 0 Å². The number of likely N-dealkylation sites (tertiary alicyclic amines) is 1. The minimum atomic E-state index is -2.39. The molecule has 0 spiro atoms. The molecule has 1 heterocycles. The molecule has 2 atom stereocenters. The van der Waals surface area contributed by atoms with Crippen LogP contribution in [-0.4, -0.2) is 48.0 Å². The lowest BCUT2D eigenvalue weighted by atomic mass is 10.1. The van der Waals surface area contributed by atoms with E-state index < -0.39 is 5.76 Å². The summed E-state index contributed by atoms with van der Waals surface area (Å²) in [7, 11) is 0. The average molecular weight is 330 g/mol. The van der Waals surface area contributed by atoms with Gasteiger partial charge in [-0.1, -0.05) is 23.9 Å². The molecule has 0 aliphatic carbocycles.